The lowest BCUT2D eigenvalue weighted by Gasteiger charge is -2.09. The third-order valence-corrected chi connectivity index (χ3v) is 2.61. The third kappa shape index (κ3) is 4.03. The van der Waals surface area contributed by atoms with Gasteiger partial charge in [-0.2, -0.15) is 0 Å². The number of esters is 1. The van der Waals surface area contributed by atoms with Gasteiger partial charge in [0.15, 0.2) is 0 Å². The van der Waals surface area contributed by atoms with Gasteiger partial charge in [-0.15, -0.1) is 0 Å². The van der Waals surface area contributed by atoms with E-state index in [9.17, 15) is 9.59 Å². The Labute approximate surface area is 125 Å². The van der Waals surface area contributed by atoms with E-state index in [0.717, 1.165) is 5.69 Å². The first-order valence-electron chi connectivity index (χ1n) is 6.31. The molecule has 2 rings (SSSR count). The highest BCUT2D eigenvalue weighted by Gasteiger charge is 2.19. The SMILES string of the molecule is COC(=O)[C@@H](N)COC(=O)Nc1c[n+](-c2ccccc2)no1. The van der Waals surface area contributed by atoms with Crippen molar-refractivity contribution in [3.05, 3.63) is 36.5 Å². The van der Waals surface area contributed by atoms with E-state index in [0.29, 0.717) is 0 Å². The molecule has 0 aliphatic heterocycles. The molecule has 1 heterocycles. The number of rotatable bonds is 5. The molecule has 9 nitrogen and oxygen atoms in total. The molecule has 0 saturated heterocycles. The van der Waals surface area contributed by atoms with Crippen molar-refractivity contribution < 1.29 is 28.3 Å². The number of methoxy groups -OCH3 is 1. The normalized spacial score (nSPS) is 11.5. The summed E-state index contributed by atoms with van der Waals surface area (Å²) < 4.78 is 15.6. The Bertz CT molecular complexity index is 643. The van der Waals surface area contributed by atoms with Gasteiger partial charge in [0.05, 0.1) is 7.11 Å². The van der Waals surface area contributed by atoms with E-state index in [4.69, 9.17) is 15.0 Å². The zero-order valence-corrected chi connectivity index (χ0v) is 11.8. The molecule has 0 aliphatic carbocycles. The molecule has 0 saturated carbocycles. The zero-order chi connectivity index (χ0) is 15.9. The van der Waals surface area contributed by atoms with Crippen LogP contribution in [0.3, 0.4) is 0 Å². The first-order chi connectivity index (χ1) is 10.6. The summed E-state index contributed by atoms with van der Waals surface area (Å²) in [4.78, 5) is 22.6. The van der Waals surface area contributed by atoms with Crippen molar-refractivity contribution in [1.82, 2.24) is 5.27 Å². The summed E-state index contributed by atoms with van der Waals surface area (Å²) in [6.45, 7) is -0.314. The van der Waals surface area contributed by atoms with Crippen LogP contribution in [0.15, 0.2) is 41.1 Å². The molecule has 0 bridgehead atoms. The highest BCUT2D eigenvalue weighted by atomic mass is 16.6. The number of carbonyl (C=O) groups excluding carboxylic acids is 2. The molecule has 116 valence electrons. The second kappa shape index (κ2) is 7.18. The maximum Gasteiger partial charge on any atom is 0.414 e. The fraction of sp³-hybridized carbons (Fsp3) is 0.231. The van der Waals surface area contributed by atoms with E-state index < -0.39 is 18.1 Å². The molecule has 0 spiro atoms. The number of hydrogen-bond donors (Lipinski definition) is 2. The van der Waals surface area contributed by atoms with Gasteiger partial charge in [-0.25, -0.2) is 4.79 Å². The van der Waals surface area contributed by atoms with Gasteiger partial charge in [0.1, 0.15) is 12.6 Å². The number of aromatic nitrogens is 2. The van der Waals surface area contributed by atoms with Crippen LogP contribution in [0.5, 0.6) is 0 Å². The van der Waals surface area contributed by atoms with E-state index in [1.807, 2.05) is 30.3 Å². The molecule has 1 aromatic carbocycles. The van der Waals surface area contributed by atoms with E-state index in [1.54, 1.807) is 0 Å². The molecule has 0 unspecified atom stereocenters. The molecule has 2 aromatic rings. The Morgan fingerprint density at radius 3 is 2.82 bits per heavy atom. The molecule has 0 radical (unpaired) electrons. The van der Waals surface area contributed by atoms with E-state index in [2.05, 4.69) is 15.3 Å². The minimum atomic E-state index is -1.04. The summed E-state index contributed by atoms with van der Waals surface area (Å²) >= 11 is 0. The van der Waals surface area contributed by atoms with Crippen molar-refractivity contribution in [3.63, 3.8) is 0 Å². The summed E-state index contributed by atoms with van der Waals surface area (Å²) in [5.41, 5.74) is 6.19. The second-order valence-electron chi connectivity index (χ2n) is 4.20. The lowest BCUT2D eigenvalue weighted by Crippen LogP contribution is -2.37. The lowest BCUT2D eigenvalue weighted by atomic mass is 10.3. The van der Waals surface area contributed by atoms with Crippen LogP contribution in [0, 0.1) is 0 Å². The summed E-state index contributed by atoms with van der Waals surface area (Å²) in [6, 6.07) is 8.14. The number of hydrogen-bond acceptors (Lipinski definition) is 7. The summed E-state index contributed by atoms with van der Waals surface area (Å²) in [5, 5.41) is 6.07. The van der Waals surface area contributed by atoms with Crippen LogP contribution >= 0.6 is 0 Å². The van der Waals surface area contributed by atoms with Crippen LogP contribution in [-0.4, -0.2) is 37.1 Å². The molecule has 0 aliphatic rings. The van der Waals surface area contributed by atoms with Crippen molar-refractivity contribution in [1.29, 1.82) is 0 Å². The molecular weight excluding hydrogens is 292 g/mol. The number of nitrogens with one attached hydrogen (secondary N) is 1. The molecule has 1 aromatic heterocycles. The minimum Gasteiger partial charge on any atom is -0.468 e. The fourth-order valence-corrected chi connectivity index (χ4v) is 1.53. The van der Waals surface area contributed by atoms with E-state index in [-0.39, 0.29) is 12.5 Å². The number of nitrogens with zero attached hydrogens (tertiary/aromatic N) is 2. The van der Waals surface area contributed by atoms with Gasteiger partial charge in [-0.1, -0.05) is 18.2 Å². The smallest absolute Gasteiger partial charge is 0.414 e. The van der Waals surface area contributed by atoms with Crippen LogP contribution in [-0.2, 0) is 14.3 Å². The largest absolute Gasteiger partial charge is 0.468 e. The van der Waals surface area contributed by atoms with Gasteiger partial charge in [-0.3, -0.25) is 14.6 Å². The fourth-order valence-electron chi connectivity index (χ4n) is 1.53. The van der Waals surface area contributed by atoms with Gasteiger partial charge in [0, 0.05) is 12.1 Å². The van der Waals surface area contributed by atoms with E-state index >= 15 is 0 Å². The maximum atomic E-state index is 11.5. The highest BCUT2D eigenvalue weighted by molar-refractivity contribution is 5.83. The van der Waals surface area contributed by atoms with Crippen LogP contribution in [0.4, 0.5) is 10.7 Å². The number of ether oxygens (including phenoxy) is 2. The van der Waals surface area contributed by atoms with Crippen molar-refractivity contribution in [2.45, 2.75) is 6.04 Å². The first kappa shape index (κ1) is 15.4. The van der Waals surface area contributed by atoms with Gasteiger partial charge in [0.2, 0.25) is 11.0 Å². The predicted octanol–water partition coefficient (Wildman–Crippen LogP) is 0.000100. The molecule has 0 fully saturated rings. The average molecular weight is 307 g/mol. The van der Waals surface area contributed by atoms with Gasteiger partial charge < -0.3 is 15.2 Å². The Kier molecular flexibility index (Phi) is 5.04. The molecule has 1 atom stereocenters. The van der Waals surface area contributed by atoms with Crippen LogP contribution in [0.1, 0.15) is 0 Å². The van der Waals surface area contributed by atoms with Crippen molar-refractivity contribution in [2.24, 2.45) is 5.73 Å². The number of benzene rings is 1. The zero-order valence-electron chi connectivity index (χ0n) is 11.8. The molecule has 1 amide bonds. The quantitative estimate of drug-likeness (QED) is 0.589. The lowest BCUT2D eigenvalue weighted by molar-refractivity contribution is -0.670. The van der Waals surface area contributed by atoms with Crippen molar-refractivity contribution >= 4 is 17.9 Å². The summed E-state index contributed by atoms with van der Waals surface area (Å²) in [6.07, 6.45) is 0.646. The summed E-state index contributed by atoms with van der Waals surface area (Å²) in [7, 11) is 1.19. The molecule has 3 N–H and O–H groups in total. The van der Waals surface area contributed by atoms with Gasteiger partial charge in [-0.05, 0) is 4.68 Å². The number of para-hydroxylation sites is 1. The second-order valence-corrected chi connectivity index (χ2v) is 4.20. The number of amides is 1. The maximum absolute atomic E-state index is 11.5. The monoisotopic (exact) mass is 307 g/mol. The topological polar surface area (TPSA) is 121 Å². The minimum absolute atomic E-state index is 0.0838. The number of anilines is 1. The third-order valence-electron chi connectivity index (χ3n) is 2.61. The van der Waals surface area contributed by atoms with Crippen LogP contribution in [0.25, 0.3) is 5.69 Å². The number of carbonyl (C=O) groups is 2. The Hall–Kier alpha value is -2.94. The Morgan fingerprint density at radius 2 is 2.14 bits per heavy atom. The van der Waals surface area contributed by atoms with Crippen LogP contribution < -0.4 is 15.7 Å². The van der Waals surface area contributed by atoms with Gasteiger partial charge in [0.25, 0.3) is 6.20 Å². The highest BCUT2D eigenvalue weighted by Crippen LogP contribution is 2.04. The first-order valence-corrected chi connectivity index (χ1v) is 6.31. The average Bonchev–Trinajstić information content (AvgIpc) is 3.01. The van der Waals surface area contributed by atoms with Crippen LogP contribution in [0.2, 0.25) is 0 Å². The molecule has 22 heavy (non-hydrogen) atoms. The van der Waals surface area contributed by atoms with Gasteiger partial charge >= 0.3 is 17.9 Å². The Morgan fingerprint density at radius 1 is 1.41 bits per heavy atom. The number of nitrogens with two attached hydrogens (primary N) is 1. The van der Waals surface area contributed by atoms with E-state index in [1.165, 1.54) is 18.0 Å². The summed E-state index contributed by atoms with van der Waals surface area (Å²) in [5.74, 6) is -0.588. The van der Waals surface area contributed by atoms with Crippen molar-refractivity contribution in [2.75, 3.05) is 19.0 Å². The predicted molar refractivity (Wildman–Crippen MR) is 73.0 cm³/mol. The van der Waals surface area contributed by atoms with Crippen molar-refractivity contribution in [3.8, 4) is 5.69 Å². The molecule has 9 heteroatoms. The molecular formula is C13H15N4O5+. The Balaban J connectivity index is 1.88. The standard InChI is InChI=1S/C13H14N4O5/c1-20-12(18)10(14)8-21-13(19)15-11-7-17(16-22-11)9-5-3-2-4-6-9/h2-7,10H,8,14H2,1H3/p+1/t10-/m0/s1.